The molecular weight excluding hydrogens is 236 g/mol. The molecular formula is C12H16N2O2S. The maximum atomic E-state index is 11.3. The Morgan fingerprint density at radius 2 is 2.06 bits per heavy atom. The lowest BCUT2D eigenvalue weighted by Crippen LogP contribution is -2.23. The number of benzene rings is 1. The molecule has 1 amide bonds. The SMILES string of the molecule is COCCC(=O)NCc1ccc(C(N)=S)cc1. The number of rotatable bonds is 6. The minimum atomic E-state index is -0.0229. The van der Waals surface area contributed by atoms with Gasteiger partial charge in [-0.15, -0.1) is 0 Å². The highest BCUT2D eigenvalue weighted by molar-refractivity contribution is 7.80. The number of nitrogens with one attached hydrogen (secondary N) is 1. The predicted octanol–water partition coefficient (Wildman–Crippen LogP) is 0.974. The van der Waals surface area contributed by atoms with Crippen molar-refractivity contribution in [3.05, 3.63) is 35.4 Å². The summed E-state index contributed by atoms with van der Waals surface area (Å²) in [5.41, 5.74) is 7.33. The largest absolute Gasteiger partial charge is 0.389 e. The fourth-order valence-electron chi connectivity index (χ4n) is 1.27. The van der Waals surface area contributed by atoms with Crippen LogP contribution in [0.5, 0.6) is 0 Å². The lowest BCUT2D eigenvalue weighted by molar-refractivity contribution is -0.122. The summed E-state index contributed by atoms with van der Waals surface area (Å²) in [5.74, 6) is -0.0229. The average molecular weight is 252 g/mol. The predicted molar refractivity (Wildman–Crippen MR) is 70.7 cm³/mol. The zero-order chi connectivity index (χ0) is 12.7. The third kappa shape index (κ3) is 4.93. The van der Waals surface area contributed by atoms with Gasteiger partial charge in [0.25, 0.3) is 0 Å². The zero-order valence-corrected chi connectivity index (χ0v) is 10.5. The molecule has 0 heterocycles. The lowest BCUT2D eigenvalue weighted by Gasteiger charge is -2.05. The molecule has 0 radical (unpaired) electrons. The van der Waals surface area contributed by atoms with E-state index in [2.05, 4.69) is 5.32 Å². The van der Waals surface area contributed by atoms with Gasteiger partial charge in [0.05, 0.1) is 6.61 Å². The Balaban J connectivity index is 2.42. The Morgan fingerprint density at radius 1 is 1.41 bits per heavy atom. The number of methoxy groups -OCH3 is 1. The molecule has 0 saturated heterocycles. The van der Waals surface area contributed by atoms with Crippen molar-refractivity contribution in [2.45, 2.75) is 13.0 Å². The Hall–Kier alpha value is -1.46. The first-order valence-electron chi connectivity index (χ1n) is 5.28. The second-order valence-corrected chi connectivity index (χ2v) is 4.02. The van der Waals surface area contributed by atoms with Gasteiger partial charge in [0.2, 0.25) is 5.91 Å². The topological polar surface area (TPSA) is 64.3 Å². The summed E-state index contributed by atoms with van der Waals surface area (Å²) in [7, 11) is 1.57. The van der Waals surface area contributed by atoms with Crippen LogP contribution in [0.25, 0.3) is 0 Å². The minimum Gasteiger partial charge on any atom is -0.389 e. The third-order valence-electron chi connectivity index (χ3n) is 2.26. The van der Waals surface area contributed by atoms with Gasteiger partial charge < -0.3 is 15.8 Å². The molecule has 0 atom stereocenters. The second kappa shape index (κ2) is 6.98. The molecule has 0 unspecified atom stereocenters. The fraction of sp³-hybridized carbons (Fsp3) is 0.333. The number of carbonyl (C=O) groups is 1. The molecule has 92 valence electrons. The summed E-state index contributed by atoms with van der Waals surface area (Å²) < 4.78 is 4.82. The quantitative estimate of drug-likeness (QED) is 0.741. The number of hydrogen-bond donors (Lipinski definition) is 2. The van der Waals surface area contributed by atoms with Gasteiger partial charge in [-0.25, -0.2) is 0 Å². The highest BCUT2D eigenvalue weighted by Gasteiger charge is 2.01. The number of ether oxygens (including phenoxy) is 1. The Kier molecular flexibility index (Phi) is 5.59. The van der Waals surface area contributed by atoms with Crippen LogP contribution >= 0.6 is 12.2 Å². The first-order chi connectivity index (χ1) is 8.13. The summed E-state index contributed by atoms with van der Waals surface area (Å²) in [6.07, 6.45) is 0.376. The number of amides is 1. The molecule has 17 heavy (non-hydrogen) atoms. The summed E-state index contributed by atoms with van der Waals surface area (Å²) >= 11 is 4.85. The summed E-state index contributed by atoms with van der Waals surface area (Å²) in [4.78, 5) is 11.7. The molecule has 3 N–H and O–H groups in total. The van der Waals surface area contributed by atoms with Crippen molar-refractivity contribution in [3.8, 4) is 0 Å². The van der Waals surface area contributed by atoms with Gasteiger partial charge in [-0.2, -0.15) is 0 Å². The third-order valence-corrected chi connectivity index (χ3v) is 2.50. The van der Waals surface area contributed by atoms with Crippen LogP contribution in [0.3, 0.4) is 0 Å². The van der Waals surface area contributed by atoms with Crippen LogP contribution in [-0.2, 0) is 16.1 Å². The number of hydrogen-bond acceptors (Lipinski definition) is 3. The van der Waals surface area contributed by atoms with Crippen molar-refractivity contribution in [2.24, 2.45) is 5.73 Å². The van der Waals surface area contributed by atoms with Gasteiger partial charge in [-0.05, 0) is 5.56 Å². The zero-order valence-electron chi connectivity index (χ0n) is 9.73. The van der Waals surface area contributed by atoms with Gasteiger partial charge in [0.1, 0.15) is 4.99 Å². The molecule has 0 aromatic heterocycles. The normalized spacial score (nSPS) is 9.94. The number of nitrogens with two attached hydrogens (primary N) is 1. The highest BCUT2D eigenvalue weighted by atomic mass is 32.1. The smallest absolute Gasteiger partial charge is 0.222 e. The molecule has 5 heteroatoms. The summed E-state index contributed by atoms with van der Waals surface area (Å²) in [5, 5.41) is 2.80. The molecule has 1 aromatic rings. The van der Waals surface area contributed by atoms with Crippen molar-refractivity contribution in [3.63, 3.8) is 0 Å². The van der Waals surface area contributed by atoms with E-state index in [-0.39, 0.29) is 5.91 Å². The van der Waals surface area contributed by atoms with E-state index in [1.807, 2.05) is 24.3 Å². The second-order valence-electron chi connectivity index (χ2n) is 3.58. The molecule has 1 rings (SSSR count). The van der Waals surface area contributed by atoms with E-state index in [0.717, 1.165) is 11.1 Å². The van der Waals surface area contributed by atoms with Crippen LogP contribution in [-0.4, -0.2) is 24.6 Å². The van der Waals surface area contributed by atoms with Gasteiger partial charge in [-0.1, -0.05) is 36.5 Å². The Morgan fingerprint density at radius 3 is 2.59 bits per heavy atom. The molecule has 0 fully saturated rings. The van der Waals surface area contributed by atoms with Gasteiger partial charge in [-0.3, -0.25) is 4.79 Å². The van der Waals surface area contributed by atoms with Crippen molar-refractivity contribution in [1.29, 1.82) is 0 Å². The van der Waals surface area contributed by atoms with E-state index in [1.54, 1.807) is 7.11 Å². The first-order valence-corrected chi connectivity index (χ1v) is 5.68. The molecule has 0 spiro atoms. The van der Waals surface area contributed by atoms with E-state index in [4.69, 9.17) is 22.7 Å². The van der Waals surface area contributed by atoms with Crippen molar-refractivity contribution in [1.82, 2.24) is 5.32 Å². The minimum absolute atomic E-state index is 0.0229. The van der Waals surface area contributed by atoms with E-state index < -0.39 is 0 Å². The van der Waals surface area contributed by atoms with E-state index in [1.165, 1.54) is 0 Å². The molecule has 0 aliphatic carbocycles. The van der Waals surface area contributed by atoms with Gasteiger partial charge >= 0.3 is 0 Å². The molecule has 1 aromatic carbocycles. The molecule has 0 aliphatic rings. The average Bonchev–Trinajstić information content (AvgIpc) is 2.34. The fourth-order valence-corrected chi connectivity index (χ4v) is 1.41. The van der Waals surface area contributed by atoms with Crippen LogP contribution in [0.15, 0.2) is 24.3 Å². The lowest BCUT2D eigenvalue weighted by atomic mass is 10.1. The Bertz CT molecular complexity index is 390. The number of carbonyl (C=O) groups excluding carboxylic acids is 1. The molecule has 4 nitrogen and oxygen atoms in total. The van der Waals surface area contributed by atoms with Crippen molar-refractivity contribution < 1.29 is 9.53 Å². The van der Waals surface area contributed by atoms with Gasteiger partial charge in [0, 0.05) is 25.6 Å². The van der Waals surface area contributed by atoms with E-state index >= 15 is 0 Å². The van der Waals surface area contributed by atoms with Crippen LogP contribution < -0.4 is 11.1 Å². The van der Waals surface area contributed by atoms with E-state index in [0.29, 0.717) is 24.6 Å². The summed E-state index contributed by atoms with van der Waals surface area (Å²) in [6.45, 7) is 0.937. The number of thiocarbonyl (C=S) groups is 1. The molecule has 0 aliphatic heterocycles. The van der Waals surface area contributed by atoms with Crippen LogP contribution in [0, 0.1) is 0 Å². The first kappa shape index (κ1) is 13.6. The van der Waals surface area contributed by atoms with Gasteiger partial charge in [0.15, 0.2) is 0 Å². The molecule has 0 bridgehead atoms. The van der Waals surface area contributed by atoms with Crippen molar-refractivity contribution in [2.75, 3.05) is 13.7 Å². The van der Waals surface area contributed by atoms with Crippen LogP contribution in [0.1, 0.15) is 17.5 Å². The van der Waals surface area contributed by atoms with Crippen LogP contribution in [0.2, 0.25) is 0 Å². The monoisotopic (exact) mass is 252 g/mol. The maximum absolute atomic E-state index is 11.3. The van der Waals surface area contributed by atoms with E-state index in [9.17, 15) is 4.79 Å². The maximum Gasteiger partial charge on any atom is 0.222 e. The molecule has 0 saturated carbocycles. The van der Waals surface area contributed by atoms with Crippen LogP contribution in [0.4, 0.5) is 0 Å². The van der Waals surface area contributed by atoms with Crippen molar-refractivity contribution >= 4 is 23.1 Å². The summed E-state index contributed by atoms with van der Waals surface area (Å²) in [6, 6.07) is 7.48. The standard InChI is InChI=1S/C12H16N2O2S/c1-16-7-6-11(15)14-8-9-2-4-10(5-3-9)12(13)17/h2-5H,6-8H2,1H3,(H2,13,17)(H,14,15). The highest BCUT2D eigenvalue weighted by Crippen LogP contribution is 2.04. The Labute approximate surface area is 106 Å².